The average Bonchev–Trinajstić information content (AvgIpc) is 2.89. The van der Waals surface area contributed by atoms with E-state index in [-0.39, 0.29) is 17.5 Å². The maximum Gasteiger partial charge on any atom is 0.167 e. The molecule has 0 amide bonds. The number of hydrogen-bond donors (Lipinski definition) is 1. The highest BCUT2D eigenvalue weighted by Gasteiger charge is 2.12. The zero-order valence-electron chi connectivity index (χ0n) is 12.5. The molecule has 2 N–H and O–H groups in total. The first-order valence-corrected chi connectivity index (χ1v) is 6.95. The summed E-state index contributed by atoms with van der Waals surface area (Å²) in [6, 6.07) is 2.90. The van der Waals surface area contributed by atoms with Gasteiger partial charge in [0.1, 0.15) is 0 Å². The molecule has 0 aliphatic heterocycles. The summed E-state index contributed by atoms with van der Waals surface area (Å²) in [5.74, 6) is 0.540. The van der Waals surface area contributed by atoms with E-state index < -0.39 is 5.82 Å². The van der Waals surface area contributed by atoms with E-state index in [0.717, 1.165) is 6.42 Å². The molecule has 1 aromatic carbocycles. The smallest absolute Gasteiger partial charge is 0.167 e. The van der Waals surface area contributed by atoms with Crippen molar-refractivity contribution >= 4 is 5.69 Å². The van der Waals surface area contributed by atoms with Gasteiger partial charge in [0, 0.05) is 18.2 Å². The van der Waals surface area contributed by atoms with Crippen LogP contribution < -0.4 is 15.2 Å². The predicted molar refractivity (Wildman–Crippen MR) is 79.3 cm³/mol. The third kappa shape index (κ3) is 3.65. The van der Waals surface area contributed by atoms with Crippen LogP contribution in [-0.4, -0.2) is 16.4 Å². The lowest BCUT2D eigenvalue weighted by molar-refractivity contribution is 0.299. The molecular formula is C15H20FN3O2. The zero-order chi connectivity index (χ0) is 15.4. The van der Waals surface area contributed by atoms with Gasteiger partial charge in [-0.15, -0.1) is 0 Å². The van der Waals surface area contributed by atoms with Gasteiger partial charge in [-0.2, -0.15) is 5.10 Å². The Morgan fingerprint density at radius 3 is 2.71 bits per heavy atom. The van der Waals surface area contributed by atoms with E-state index in [1.165, 1.54) is 12.1 Å². The van der Waals surface area contributed by atoms with Gasteiger partial charge in [0.05, 0.1) is 24.7 Å². The number of nitrogen functional groups attached to an aromatic ring is 1. The minimum absolute atomic E-state index is 0.136. The SMILES string of the molecule is CCCOc1cc(Oc2cnn(C(C)C)c2)c(N)cc1F. The van der Waals surface area contributed by atoms with Crippen LogP contribution in [0.25, 0.3) is 0 Å². The van der Waals surface area contributed by atoms with E-state index in [0.29, 0.717) is 18.1 Å². The van der Waals surface area contributed by atoms with Crippen molar-refractivity contribution in [2.24, 2.45) is 0 Å². The molecule has 0 unspecified atom stereocenters. The van der Waals surface area contributed by atoms with E-state index in [9.17, 15) is 4.39 Å². The Balaban J connectivity index is 2.21. The van der Waals surface area contributed by atoms with Crippen LogP contribution in [0.4, 0.5) is 10.1 Å². The molecule has 21 heavy (non-hydrogen) atoms. The van der Waals surface area contributed by atoms with Gasteiger partial charge in [-0.05, 0) is 20.3 Å². The number of rotatable bonds is 6. The molecule has 6 heteroatoms. The van der Waals surface area contributed by atoms with Crippen LogP contribution in [0.15, 0.2) is 24.5 Å². The van der Waals surface area contributed by atoms with E-state index in [1.807, 2.05) is 20.8 Å². The molecule has 5 nitrogen and oxygen atoms in total. The third-order valence-electron chi connectivity index (χ3n) is 2.86. The van der Waals surface area contributed by atoms with E-state index in [1.54, 1.807) is 17.1 Å². The Morgan fingerprint density at radius 1 is 1.33 bits per heavy atom. The molecule has 0 bridgehead atoms. The first-order valence-electron chi connectivity index (χ1n) is 6.95. The van der Waals surface area contributed by atoms with Crippen LogP contribution in [0.3, 0.4) is 0 Å². The summed E-state index contributed by atoms with van der Waals surface area (Å²) in [6.07, 6.45) is 4.15. The van der Waals surface area contributed by atoms with Crippen LogP contribution >= 0.6 is 0 Å². The van der Waals surface area contributed by atoms with Gasteiger partial charge in [0.15, 0.2) is 23.1 Å². The van der Waals surface area contributed by atoms with Crippen molar-refractivity contribution in [3.05, 3.63) is 30.3 Å². The Hall–Kier alpha value is -2.24. The standard InChI is InChI=1S/C15H20FN3O2/c1-4-5-20-14-7-15(13(17)6-12(14)16)21-11-8-18-19(9-11)10(2)3/h6-10H,4-5,17H2,1-3H3. The van der Waals surface area contributed by atoms with Crippen LogP contribution in [0.1, 0.15) is 33.2 Å². The number of nitrogens with two attached hydrogens (primary N) is 1. The van der Waals surface area contributed by atoms with Crippen molar-refractivity contribution in [1.29, 1.82) is 0 Å². The lowest BCUT2D eigenvalue weighted by Gasteiger charge is -2.11. The van der Waals surface area contributed by atoms with Gasteiger partial charge in [0.25, 0.3) is 0 Å². The molecular weight excluding hydrogens is 273 g/mol. The number of ether oxygens (including phenoxy) is 2. The van der Waals surface area contributed by atoms with E-state index >= 15 is 0 Å². The largest absolute Gasteiger partial charge is 0.490 e. The topological polar surface area (TPSA) is 62.3 Å². The molecule has 0 aliphatic carbocycles. The first kappa shape index (κ1) is 15.2. The van der Waals surface area contributed by atoms with Crippen molar-refractivity contribution in [2.45, 2.75) is 33.2 Å². The highest BCUT2D eigenvalue weighted by molar-refractivity contribution is 5.57. The monoisotopic (exact) mass is 293 g/mol. The summed E-state index contributed by atoms with van der Waals surface area (Å²) >= 11 is 0. The summed E-state index contributed by atoms with van der Waals surface area (Å²) in [6.45, 7) is 6.41. The summed E-state index contributed by atoms with van der Waals surface area (Å²) in [5, 5.41) is 4.18. The molecule has 0 spiro atoms. The third-order valence-corrected chi connectivity index (χ3v) is 2.86. The Bertz CT molecular complexity index is 611. The fraction of sp³-hybridized carbons (Fsp3) is 0.400. The van der Waals surface area contributed by atoms with Gasteiger partial charge in [-0.1, -0.05) is 6.92 Å². The van der Waals surface area contributed by atoms with Gasteiger partial charge >= 0.3 is 0 Å². The number of benzene rings is 1. The molecule has 0 radical (unpaired) electrons. The minimum atomic E-state index is -0.494. The number of hydrogen-bond acceptors (Lipinski definition) is 4. The summed E-state index contributed by atoms with van der Waals surface area (Å²) in [4.78, 5) is 0. The summed E-state index contributed by atoms with van der Waals surface area (Å²) in [5.41, 5.74) is 6.00. The highest BCUT2D eigenvalue weighted by atomic mass is 19.1. The van der Waals surface area contributed by atoms with Gasteiger partial charge in [0.2, 0.25) is 0 Å². The second kappa shape index (κ2) is 6.47. The fourth-order valence-electron chi connectivity index (χ4n) is 1.74. The number of nitrogens with zero attached hydrogens (tertiary/aromatic N) is 2. The molecule has 0 fully saturated rings. The molecule has 2 rings (SSSR count). The maximum atomic E-state index is 13.7. The van der Waals surface area contributed by atoms with Crippen molar-refractivity contribution in [3.8, 4) is 17.2 Å². The lowest BCUT2D eigenvalue weighted by Crippen LogP contribution is -2.01. The molecule has 0 saturated heterocycles. The van der Waals surface area contributed by atoms with E-state index in [2.05, 4.69) is 5.10 Å². The molecule has 1 heterocycles. The molecule has 0 saturated carbocycles. The highest BCUT2D eigenvalue weighted by Crippen LogP contribution is 2.33. The van der Waals surface area contributed by atoms with Crippen LogP contribution in [0.2, 0.25) is 0 Å². The molecule has 114 valence electrons. The minimum Gasteiger partial charge on any atom is -0.490 e. The number of halogens is 1. The molecule has 0 aliphatic rings. The molecule has 2 aromatic rings. The fourth-order valence-corrected chi connectivity index (χ4v) is 1.74. The lowest BCUT2D eigenvalue weighted by atomic mass is 10.2. The second-order valence-corrected chi connectivity index (χ2v) is 5.02. The Labute approximate surface area is 123 Å². The van der Waals surface area contributed by atoms with Crippen molar-refractivity contribution in [3.63, 3.8) is 0 Å². The van der Waals surface area contributed by atoms with Crippen molar-refractivity contribution < 1.29 is 13.9 Å². The van der Waals surface area contributed by atoms with Crippen LogP contribution in [0, 0.1) is 5.82 Å². The van der Waals surface area contributed by atoms with Crippen LogP contribution in [0.5, 0.6) is 17.2 Å². The van der Waals surface area contributed by atoms with Gasteiger partial charge in [-0.3, -0.25) is 4.68 Å². The van der Waals surface area contributed by atoms with Gasteiger partial charge < -0.3 is 15.2 Å². The first-order chi connectivity index (χ1) is 10.0. The quantitative estimate of drug-likeness (QED) is 0.824. The van der Waals surface area contributed by atoms with E-state index in [4.69, 9.17) is 15.2 Å². The second-order valence-electron chi connectivity index (χ2n) is 5.02. The number of anilines is 1. The Morgan fingerprint density at radius 2 is 2.10 bits per heavy atom. The molecule has 1 aromatic heterocycles. The summed E-state index contributed by atoms with van der Waals surface area (Å²) in [7, 11) is 0. The summed E-state index contributed by atoms with van der Waals surface area (Å²) < 4.78 is 26.5. The normalized spacial score (nSPS) is 10.9. The average molecular weight is 293 g/mol. The van der Waals surface area contributed by atoms with Crippen molar-refractivity contribution in [1.82, 2.24) is 9.78 Å². The Kier molecular flexibility index (Phi) is 4.67. The number of aromatic nitrogens is 2. The predicted octanol–water partition coefficient (Wildman–Crippen LogP) is 3.77. The van der Waals surface area contributed by atoms with Crippen LogP contribution in [-0.2, 0) is 0 Å². The van der Waals surface area contributed by atoms with Gasteiger partial charge in [-0.25, -0.2) is 4.39 Å². The maximum absolute atomic E-state index is 13.7. The van der Waals surface area contributed by atoms with Crippen molar-refractivity contribution in [2.75, 3.05) is 12.3 Å². The zero-order valence-corrected chi connectivity index (χ0v) is 12.5. The molecule has 0 atom stereocenters.